The second-order valence-electron chi connectivity index (χ2n) is 7.03. The Kier molecular flexibility index (Phi) is 7.74. The number of hydrogen-bond donors (Lipinski definition) is 1. The third-order valence-corrected chi connectivity index (χ3v) is 4.49. The van der Waals surface area contributed by atoms with Gasteiger partial charge in [-0.15, -0.1) is 11.0 Å². The fourth-order valence-electron chi connectivity index (χ4n) is 2.66. The molecule has 0 aliphatic rings. The minimum absolute atomic E-state index is 0.000746. The van der Waals surface area contributed by atoms with Crippen LogP contribution in [0, 0.1) is 17.8 Å². The van der Waals surface area contributed by atoms with Gasteiger partial charge in [-0.1, -0.05) is 32.3 Å². The van der Waals surface area contributed by atoms with Crippen LogP contribution >= 0.6 is 0 Å². The number of allylic oxidation sites excluding steroid dienone is 1. The van der Waals surface area contributed by atoms with Crippen molar-refractivity contribution in [2.45, 2.75) is 39.5 Å². The van der Waals surface area contributed by atoms with E-state index in [1.165, 1.54) is 6.92 Å². The molecule has 0 saturated carbocycles. The molecule has 1 heterocycles. The molecule has 0 spiro atoms. The topological polar surface area (TPSA) is 68.0 Å². The van der Waals surface area contributed by atoms with Gasteiger partial charge >= 0.3 is 18.3 Å². The van der Waals surface area contributed by atoms with Gasteiger partial charge in [0.25, 0.3) is 0 Å². The van der Waals surface area contributed by atoms with E-state index in [2.05, 4.69) is 21.9 Å². The van der Waals surface area contributed by atoms with Crippen molar-refractivity contribution in [2.75, 3.05) is 0 Å². The SMILES string of the molecule is CC#CC(=C\C(C)CC)/C(=C\n1cnc(-c2cc(C(F)(F)F)cc(C(F)(F)F)c2)n1)C(=O)O. The number of nitrogens with zero attached hydrogens (tertiary/aromatic N) is 3. The number of carbonyl (C=O) groups is 1. The first kappa shape index (κ1) is 25.7. The second-order valence-corrected chi connectivity index (χ2v) is 7.03. The minimum atomic E-state index is -5.02. The number of halogens is 6. The van der Waals surface area contributed by atoms with Gasteiger partial charge in [-0.3, -0.25) is 0 Å². The van der Waals surface area contributed by atoms with E-state index in [0.29, 0.717) is 18.6 Å². The molecule has 0 bridgehead atoms. The largest absolute Gasteiger partial charge is 0.478 e. The summed E-state index contributed by atoms with van der Waals surface area (Å²) in [4.78, 5) is 15.5. The number of hydrogen-bond acceptors (Lipinski definition) is 3. The van der Waals surface area contributed by atoms with Crippen LogP contribution in [-0.4, -0.2) is 25.8 Å². The highest BCUT2D eigenvalue weighted by Gasteiger charge is 2.37. The van der Waals surface area contributed by atoms with Crippen LogP contribution < -0.4 is 0 Å². The van der Waals surface area contributed by atoms with E-state index in [4.69, 9.17) is 0 Å². The van der Waals surface area contributed by atoms with E-state index < -0.39 is 40.8 Å². The first-order valence-corrected chi connectivity index (χ1v) is 9.57. The molecule has 0 aliphatic carbocycles. The van der Waals surface area contributed by atoms with Gasteiger partial charge in [0.2, 0.25) is 0 Å². The van der Waals surface area contributed by atoms with Crippen molar-refractivity contribution in [1.29, 1.82) is 0 Å². The van der Waals surface area contributed by atoms with Gasteiger partial charge in [0.05, 0.1) is 16.7 Å². The van der Waals surface area contributed by atoms with E-state index in [1.54, 1.807) is 6.08 Å². The molecule has 0 amide bonds. The third kappa shape index (κ3) is 6.71. The number of carboxylic acid groups (broad SMARTS) is 1. The summed E-state index contributed by atoms with van der Waals surface area (Å²) in [5, 5.41) is 13.5. The summed E-state index contributed by atoms with van der Waals surface area (Å²) in [6.45, 7) is 5.27. The summed E-state index contributed by atoms with van der Waals surface area (Å²) in [5.74, 6) is 3.51. The molecule has 5 nitrogen and oxygen atoms in total. The summed E-state index contributed by atoms with van der Waals surface area (Å²) >= 11 is 0. The van der Waals surface area contributed by atoms with Crippen LogP contribution in [0.4, 0.5) is 26.3 Å². The van der Waals surface area contributed by atoms with Crippen LogP contribution in [0.25, 0.3) is 17.6 Å². The molecule has 0 saturated heterocycles. The molecule has 33 heavy (non-hydrogen) atoms. The first-order valence-electron chi connectivity index (χ1n) is 9.57. The normalized spacial score (nSPS) is 14.0. The molecule has 0 fully saturated rings. The summed E-state index contributed by atoms with van der Waals surface area (Å²) < 4.78 is 79.5. The molecule has 1 aromatic carbocycles. The highest BCUT2D eigenvalue weighted by molar-refractivity contribution is 5.96. The summed E-state index contributed by atoms with van der Waals surface area (Å²) in [6, 6.07) is 0.986. The van der Waals surface area contributed by atoms with E-state index in [0.717, 1.165) is 17.2 Å². The Morgan fingerprint density at radius 2 is 1.73 bits per heavy atom. The molecule has 1 aromatic heterocycles. The maximum atomic E-state index is 13.1. The van der Waals surface area contributed by atoms with Crippen molar-refractivity contribution in [2.24, 2.45) is 5.92 Å². The van der Waals surface area contributed by atoms with Crippen LogP contribution in [0.1, 0.15) is 38.3 Å². The van der Waals surface area contributed by atoms with E-state index in [-0.39, 0.29) is 23.1 Å². The molecule has 1 atom stereocenters. The third-order valence-electron chi connectivity index (χ3n) is 4.49. The van der Waals surface area contributed by atoms with Crippen LogP contribution in [0.15, 0.2) is 41.7 Å². The van der Waals surface area contributed by atoms with Crippen LogP contribution in [-0.2, 0) is 17.1 Å². The number of rotatable bonds is 6. The van der Waals surface area contributed by atoms with Crippen molar-refractivity contribution in [3.63, 3.8) is 0 Å². The average molecular weight is 471 g/mol. The zero-order valence-electron chi connectivity index (χ0n) is 17.7. The standard InChI is InChI=1S/C22H19F6N3O2/c1-4-6-14(7-13(3)5-2)18(20(32)33)11-31-12-29-19(30-31)15-8-16(21(23,24)25)10-17(9-15)22(26,27)28/h7-13H,5H2,1-3H3,(H,32,33)/b14-7+,18-11+. The molecule has 1 N–H and O–H groups in total. The van der Waals surface area contributed by atoms with Gasteiger partial charge in [-0.05, 0) is 31.0 Å². The minimum Gasteiger partial charge on any atom is -0.478 e. The fourth-order valence-corrected chi connectivity index (χ4v) is 2.66. The van der Waals surface area contributed by atoms with Gasteiger partial charge < -0.3 is 5.11 Å². The Morgan fingerprint density at radius 3 is 2.18 bits per heavy atom. The van der Waals surface area contributed by atoms with E-state index in [9.17, 15) is 36.2 Å². The highest BCUT2D eigenvalue weighted by atomic mass is 19.4. The predicted octanol–water partition coefficient (Wildman–Crippen LogP) is 5.90. The summed E-state index contributed by atoms with van der Waals surface area (Å²) in [6.07, 6.45) is -5.67. The van der Waals surface area contributed by atoms with Crippen LogP contribution in [0.2, 0.25) is 0 Å². The molecule has 176 valence electrons. The Balaban J connectivity index is 2.60. The molecule has 2 aromatic rings. The van der Waals surface area contributed by atoms with Crippen molar-refractivity contribution in [3.05, 3.63) is 52.9 Å². The van der Waals surface area contributed by atoms with E-state index in [1.807, 2.05) is 13.8 Å². The second kappa shape index (κ2) is 9.94. The monoisotopic (exact) mass is 471 g/mol. The smallest absolute Gasteiger partial charge is 0.416 e. The fraction of sp³-hybridized carbons (Fsp3) is 0.318. The lowest BCUT2D eigenvalue weighted by Crippen LogP contribution is -2.11. The van der Waals surface area contributed by atoms with Gasteiger partial charge in [0.1, 0.15) is 6.33 Å². The number of alkyl halides is 6. The molecule has 0 radical (unpaired) electrons. The lowest BCUT2D eigenvalue weighted by molar-refractivity contribution is -0.143. The zero-order valence-corrected chi connectivity index (χ0v) is 17.7. The van der Waals surface area contributed by atoms with Crippen molar-refractivity contribution in [1.82, 2.24) is 14.8 Å². The van der Waals surface area contributed by atoms with Crippen molar-refractivity contribution in [3.8, 4) is 23.2 Å². The van der Waals surface area contributed by atoms with Crippen molar-refractivity contribution >= 4 is 12.2 Å². The molecule has 0 aliphatic heterocycles. The Hall–Kier alpha value is -3.55. The number of aromatic nitrogens is 3. The Morgan fingerprint density at radius 1 is 1.15 bits per heavy atom. The summed E-state index contributed by atoms with van der Waals surface area (Å²) in [7, 11) is 0. The molecular formula is C22H19F6N3O2. The lowest BCUT2D eigenvalue weighted by atomic mass is 10.00. The van der Waals surface area contributed by atoms with Crippen molar-refractivity contribution < 1.29 is 36.2 Å². The highest BCUT2D eigenvalue weighted by Crippen LogP contribution is 2.38. The Labute approximate surface area is 185 Å². The Bertz CT molecular complexity index is 1120. The maximum absolute atomic E-state index is 13.1. The molecule has 2 rings (SSSR count). The molecular weight excluding hydrogens is 452 g/mol. The summed E-state index contributed by atoms with van der Waals surface area (Å²) in [5.41, 5.74) is -3.62. The molecule has 11 heteroatoms. The van der Waals surface area contributed by atoms with E-state index >= 15 is 0 Å². The number of benzene rings is 1. The first-order chi connectivity index (χ1) is 15.3. The average Bonchev–Trinajstić information content (AvgIpc) is 3.18. The van der Waals surface area contributed by atoms with Gasteiger partial charge in [0, 0.05) is 17.3 Å². The molecule has 1 unspecified atom stereocenters. The maximum Gasteiger partial charge on any atom is 0.416 e. The van der Waals surface area contributed by atoms with Crippen LogP contribution in [0.3, 0.4) is 0 Å². The van der Waals surface area contributed by atoms with Gasteiger partial charge in [-0.25, -0.2) is 14.5 Å². The van der Waals surface area contributed by atoms with Gasteiger partial charge in [0.15, 0.2) is 5.82 Å². The lowest BCUT2D eigenvalue weighted by Gasteiger charge is -2.13. The van der Waals surface area contributed by atoms with Crippen LogP contribution in [0.5, 0.6) is 0 Å². The zero-order chi connectivity index (χ0) is 25.0. The number of carboxylic acids is 1. The van der Waals surface area contributed by atoms with Gasteiger partial charge in [-0.2, -0.15) is 26.3 Å². The number of aliphatic carboxylic acids is 1. The predicted molar refractivity (Wildman–Crippen MR) is 108 cm³/mol. The quantitative estimate of drug-likeness (QED) is 0.246.